The molecule has 1 aromatic carbocycles. The van der Waals surface area contributed by atoms with Gasteiger partial charge in [-0.1, -0.05) is 29.8 Å². The molecule has 2 aromatic rings. The highest BCUT2D eigenvalue weighted by Gasteiger charge is 2.74. The SMILES string of the molecule is CS(=O)(=O)N1CC=C(c2ccc(C3CC(C(O)(C(F)(F)F)C(F)(F)F)=NN3c3ccccc3Cl)s2)CC1. The number of halogens is 7. The Kier molecular flexibility index (Phi) is 7.21. The number of nitrogens with zero attached hydrogens (tertiary/aromatic N) is 3. The molecule has 1 unspecified atom stereocenters. The average molecular weight is 588 g/mol. The zero-order chi connectivity index (χ0) is 27.4. The van der Waals surface area contributed by atoms with Crippen LogP contribution in [0, 0.1) is 0 Å². The molecule has 2 aliphatic heterocycles. The number of rotatable bonds is 5. The first kappa shape index (κ1) is 27.9. The van der Waals surface area contributed by atoms with Crippen LogP contribution in [-0.4, -0.2) is 60.8 Å². The summed E-state index contributed by atoms with van der Waals surface area (Å²) in [5, 5.41) is 14.6. The highest BCUT2D eigenvalue weighted by Crippen LogP contribution is 2.50. The van der Waals surface area contributed by atoms with Crippen molar-refractivity contribution >= 4 is 49.9 Å². The van der Waals surface area contributed by atoms with E-state index in [1.165, 1.54) is 22.5 Å². The van der Waals surface area contributed by atoms with E-state index in [9.17, 15) is 39.9 Å². The van der Waals surface area contributed by atoms with Gasteiger partial charge in [0.15, 0.2) is 0 Å². The van der Waals surface area contributed by atoms with Crippen LogP contribution in [0.5, 0.6) is 0 Å². The second-order valence-corrected chi connectivity index (χ2v) is 12.1. The van der Waals surface area contributed by atoms with Gasteiger partial charge in [0.2, 0.25) is 10.0 Å². The molecule has 0 fully saturated rings. The Bertz CT molecular complexity index is 1340. The van der Waals surface area contributed by atoms with Crippen LogP contribution in [0.1, 0.15) is 28.6 Å². The number of sulfonamides is 1. The van der Waals surface area contributed by atoms with Crippen molar-refractivity contribution in [3.8, 4) is 0 Å². The van der Waals surface area contributed by atoms with Crippen molar-refractivity contribution < 1.29 is 39.9 Å². The summed E-state index contributed by atoms with van der Waals surface area (Å²) in [6.45, 7) is 0.387. The van der Waals surface area contributed by atoms with Gasteiger partial charge in [-0.25, -0.2) is 8.42 Å². The highest BCUT2D eigenvalue weighted by molar-refractivity contribution is 7.88. The summed E-state index contributed by atoms with van der Waals surface area (Å²) in [5.74, 6) is 0. The molecule has 6 nitrogen and oxygen atoms in total. The molecule has 202 valence electrons. The zero-order valence-corrected chi connectivity index (χ0v) is 21.4. The van der Waals surface area contributed by atoms with Crippen LogP contribution in [0.25, 0.3) is 5.57 Å². The molecular formula is C22H20ClF6N3O3S2. The van der Waals surface area contributed by atoms with E-state index in [1.807, 2.05) is 0 Å². The van der Waals surface area contributed by atoms with Crippen LogP contribution >= 0.6 is 22.9 Å². The van der Waals surface area contributed by atoms with Crippen LogP contribution in [0.3, 0.4) is 0 Å². The Morgan fingerprint density at radius 3 is 2.27 bits per heavy atom. The molecule has 0 spiro atoms. The Morgan fingerprint density at radius 2 is 1.73 bits per heavy atom. The van der Waals surface area contributed by atoms with Crippen molar-refractivity contribution in [3.63, 3.8) is 0 Å². The molecule has 3 heterocycles. The standard InChI is InChI=1S/C22H20ClF6N3O3S2/c1-37(34,35)31-10-8-13(9-11-31)17-6-7-18(36-17)16-12-19(20(33,21(24,25)26)22(27,28)29)30-32(16)15-5-3-2-4-14(15)23/h2-8,16,33H,9-12H2,1H3. The van der Waals surface area contributed by atoms with Gasteiger partial charge in [-0.05, 0) is 36.3 Å². The highest BCUT2D eigenvalue weighted by atomic mass is 35.5. The maximum atomic E-state index is 13.6. The van der Waals surface area contributed by atoms with Gasteiger partial charge in [-0.3, -0.25) is 5.01 Å². The first-order chi connectivity index (χ1) is 17.0. The zero-order valence-electron chi connectivity index (χ0n) is 19.0. The predicted molar refractivity (Wildman–Crippen MR) is 129 cm³/mol. The second-order valence-electron chi connectivity index (χ2n) is 8.57. The number of alkyl halides is 6. The van der Waals surface area contributed by atoms with Crippen LogP contribution in [0.4, 0.5) is 32.0 Å². The Hall–Kier alpha value is -2.13. The molecule has 1 N–H and O–H groups in total. The minimum atomic E-state index is -6.07. The fraction of sp³-hybridized carbons (Fsp3) is 0.409. The van der Waals surface area contributed by atoms with E-state index in [-0.39, 0.29) is 23.8 Å². The quantitative estimate of drug-likeness (QED) is 0.462. The minimum absolute atomic E-state index is 0.0488. The summed E-state index contributed by atoms with van der Waals surface area (Å²) < 4.78 is 106. The smallest absolute Gasteiger partial charge is 0.369 e. The van der Waals surface area contributed by atoms with Gasteiger partial charge in [0.1, 0.15) is 0 Å². The summed E-state index contributed by atoms with van der Waals surface area (Å²) in [7, 11) is -3.38. The van der Waals surface area contributed by atoms with E-state index < -0.39 is 46.2 Å². The monoisotopic (exact) mass is 587 g/mol. The normalized spacial score (nSPS) is 20.2. The van der Waals surface area contributed by atoms with E-state index in [4.69, 9.17) is 11.6 Å². The lowest BCUT2D eigenvalue weighted by Crippen LogP contribution is -2.62. The van der Waals surface area contributed by atoms with Crippen molar-refractivity contribution in [2.24, 2.45) is 5.10 Å². The van der Waals surface area contributed by atoms with Crippen LogP contribution < -0.4 is 5.01 Å². The fourth-order valence-electron chi connectivity index (χ4n) is 4.18. The maximum Gasteiger partial charge on any atom is 0.431 e. The van der Waals surface area contributed by atoms with Crippen molar-refractivity contribution in [1.29, 1.82) is 0 Å². The lowest BCUT2D eigenvalue weighted by atomic mass is 9.91. The molecule has 1 aromatic heterocycles. The maximum absolute atomic E-state index is 13.6. The molecule has 1 atom stereocenters. The summed E-state index contributed by atoms with van der Waals surface area (Å²) >= 11 is 7.34. The molecule has 2 aliphatic rings. The van der Waals surface area contributed by atoms with Crippen molar-refractivity contribution in [3.05, 3.63) is 57.3 Å². The number of anilines is 1. The molecule has 37 heavy (non-hydrogen) atoms. The number of hydrogen-bond donors (Lipinski definition) is 1. The summed E-state index contributed by atoms with van der Waals surface area (Å²) in [6, 6.07) is 8.00. The molecule has 0 bridgehead atoms. The summed E-state index contributed by atoms with van der Waals surface area (Å²) in [4.78, 5) is 1.09. The Labute approximate surface area is 217 Å². The predicted octanol–water partition coefficient (Wildman–Crippen LogP) is 5.61. The summed E-state index contributed by atoms with van der Waals surface area (Å²) in [5.41, 5.74) is -5.75. The number of thiophene rings is 1. The van der Waals surface area contributed by atoms with Crippen LogP contribution in [0.15, 0.2) is 47.6 Å². The minimum Gasteiger partial charge on any atom is -0.369 e. The number of aliphatic hydroxyl groups is 1. The second kappa shape index (κ2) is 9.56. The van der Waals surface area contributed by atoms with Gasteiger partial charge in [0, 0.05) is 29.3 Å². The summed E-state index contributed by atoms with van der Waals surface area (Å²) in [6.07, 6.45) is -9.79. The third kappa shape index (κ3) is 5.13. The van der Waals surface area contributed by atoms with Crippen LogP contribution in [0.2, 0.25) is 5.02 Å². The lowest BCUT2D eigenvalue weighted by molar-refractivity contribution is -0.338. The molecule has 4 rings (SSSR count). The number of hydrogen-bond acceptors (Lipinski definition) is 6. The van der Waals surface area contributed by atoms with Gasteiger partial charge >= 0.3 is 12.4 Å². The number of para-hydroxylation sites is 1. The van der Waals surface area contributed by atoms with Crippen molar-refractivity contribution in [1.82, 2.24) is 4.31 Å². The first-order valence-electron chi connectivity index (χ1n) is 10.8. The molecule has 0 aliphatic carbocycles. The average Bonchev–Trinajstić information content (AvgIpc) is 3.44. The van der Waals surface area contributed by atoms with Gasteiger partial charge < -0.3 is 5.11 Å². The van der Waals surface area contributed by atoms with E-state index in [0.717, 1.165) is 28.2 Å². The van der Waals surface area contributed by atoms with Crippen LogP contribution in [-0.2, 0) is 10.0 Å². The van der Waals surface area contributed by atoms with E-state index >= 15 is 0 Å². The molecule has 0 saturated carbocycles. The van der Waals surface area contributed by atoms with Crippen molar-refractivity contribution in [2.75, 3.05) is 24.4 Å². The van der Waals surface area contributed by atoms with E-state index in [1.54, 1.807) is 24.3 Å². The van der Waals surface area contributed by atoms with Crippen molar-refractivity contribution in [2.45, 2.75) is 36.8 Å². The third-order valence-corrected chi connectivity index (χ3v) is 9.01. The van der Waals surface area contributed by atoms with Gasteiger partial charge in [-0.2, -0.15) is 35.7 Å². The lowest BCUT2D eigenvalue weighted by Gasteiger charge is -2.31. The fourth-order valence-corrected chi connectivity index (χ4v) is 6.33. The Balaban J connectivity index is 1.73. The molecular weight excluding hydrogens is 568 g/mol. The topological polar surface area (TPSA) is 73.2 Å². The molecule has 0 saturated heterocycles. The van der Waals surface area contributed by atoms with Gasteiger partial charge in [0.25, 0.3) is 5.60 Å². The molecule has 0 amide bonds. The van der Waals surface area contributed by atoms with Gasteiger partial charge in [0.05, 0.1) is 28.7 Å². The van der Waals surface area contributed by atoms with E-state index in [2.05, 4.69) is 5.10 Å². The largest absolute Gasteiger partial charge is 0.431 e. The van der Waals surface area contributed by atoms with E-state index in [0.29, 0.717) is 16.2 Å². The molecule has 0 radical (unpaired) electrons. The molecule has 15 heteroatoms. The number of hydrazone groups is 1. The Morgan fingerprint density at radius 1 is 1.08 bits per heavy atom. The number of benzene rings is 1. The van der Waals surface area contributed by atoms with Gasteiger partial charge in [-0.15, -0.1) is 11.3 Å². The first-order valence-corrected chi connectivity index (χ1v) is 13.8. The third-order valence-electron chi connectivity index (χ3n) is 6.16.